The van der Waals surface area contributed by atoms with Gasteiger partial charge in [-0.3, -0.25) is 13.9 Å². The zero-order valence-corrected chi connectivity index (χ0v) is 20.8. The summed E-state index contributed by atoms with van der Waals surface area (Å²) in [5, 5.41) is 13.6. The van der Waals surface area contributed by atoms with Crippen molar-refractivity contribution in [2.75, 3.05) is 19.7 Å². The van der Waals surface area contributed by atoms with Gasteiger partial charge in [0.15, 0.2) is 11.2 Å². The van der Waals surface area contributed by atoms with Gasteiger partial charge in [-0.1, -0.05) is 37.8 Å². The molecule has 3 aromatic rings. The maximum Gasteiger partial charge on any atom is 0.332 e. The van der Waals surface area contributed by atoms with Crippen molar-refractivity contribution in [3.8, 4) is 5.75 Å². The number of fused-ring (bicyclic) bond motifs is 1. The summed E-state index contributed by atoms with van der Waals surface area (Å²) >= 11 is 0. The highest BCUT2D eigenvalue weighted by Crippen LogP contribution is 2.33. The van der Waals surface area contributed by atoms with Crippen LogP contribution in [0.4, 0.5) is 0 Å². The Morgan fingerprint density at radius 1 is 1.14 bits per heavy atom. The molecular formula is C26H37N5O4. The van der Waals surface area contributed by atoms with E-state index in [2.05, 4.69) is 22.4 Å². The van der Waals surface area contributed by atoms with Crippen molar-refractivity contribution in [3.05, 3.63) is 57.0 Å². The van der Waals surface area contributed by atoms with Crippen LogP contribution in [0.5, 0.6) is 5.75 Å². The fourth-order valence-corrected chi connectivity index (χ4v) is 4.93. The van der Waals surface area contributed by atoms with E-state index in [1.807, 2.05) is 12.1 Å². The summed E-state index contributed by atoms with van der Waals surface area (Å²) in [6.07, 6.45) is 9.49. The number of rotatable bonds is 10. The second-order valence-electron chi connectivity index (χ2n) is 9.60. The predicted octanol–water partition coefficient (Wildman–Crippen LogP) is 2.29. The van der Waals surface area contributed by atoms with Gasteiger partial charge in [0.05, 0.1) is 6.33 Å². The van der Waals surface area contributed by atoms with Crippen LogP contribution in [-0.2, 0) is 20.6 Å². The van der Waals surface area contributed by atoms with Gasteiger partial charge < -0.3 is 19.7 Å². The van der Waals surface area contributed by atoms with Gasteiger partial charge in [-0.25, -0.2) is 9.78 Å². The zero-order valence-electron chi connectivity index (χ0n) is 20.8. The molecule has 190 valence electrons. The Bertz CT molecular complexity index is 1240. The molecule has 0 bridgehead atoms. The molecule has 1 aromatic carbocycles. The number of aromatic nitrogens is 4. The van der Waals surface area contributed by atoms with E-state index in [0.29, 0.717) is 36.7 Å². The van der Waals surface area contributed by atoms with Gasteiger partial charge in [0.2, 0.25) is 0 Å². The molecule has 0 amide bonds. The average molecular weight is 484 g/mol. The van der Waals surface area contributed by atoms with E-state index in [-0.39, 0.29) is 17.9 Å². The smallest absolute Gasteiger partial charge is 0.332 e. The molecule has 0 aliphatic heterocycles. The minimum atomic E-state index is -0.618. The first kappa shape index (κ1) is 25.2. The van der Waals surface area contributed by atoms with Crippen molar-refractivity contribution < 1.29 is 9.84 Å². The molecule has 9 nitrogen and oxygen atoms in total. The van der Waals surface area contributed by atoms with Gasteiger partial charge in [-0.05, 0) is 49.4 Å². The molecule has 2 N–H and O–H groups in total. The topological polar surface area (TPSA) is 103 Å². The fraction of sp³-hybridized carbons (Fsp3) is 0.577. The lowest BCUT2D eigenvalue weighted by Gasteiger charge is -2.17. The summed E-state index contributed by atoms with van der Waals surface area (Å²) < 4.78 is 10.1. The monoisotopic (exact) mass is 483 g/mol. The van der Waals surface area contributed by atoms with Gasteiger partial charge in [-0.15, -0.1) is 0 Å². The molecule has 9 heteroatoms. The van der Waals surface area contributed by atoms with Gasteiger partial charge in [0, 0.05) is 27.2 Å². The van der Waals surface area contributed by atoms with E-state index in [4.69, 9.17) is 4.74 Å². The molecule has 0 saturated heterocycles. The van der Waals surface area contributed by atoms with Crippen LogP contribution in [0.3, 0.4) is 0 Å². The Labute approximate surface area is 205 Å². The van der Waals surface area contributed by atoms with Crippen LogP contribution < -0.4 is 21.3 Å². The fourth-order valence-electron chi connectivity index (χ4n) is 4.93. The lowest BCUT2D eigenvalue weighted by atomic mass is 9.92. The van der Waals surface area contributed by atoms with Crippen LogP contribution in [0.15, 0.2) is 40.2 Å². The summed E-state index contributed by atoms with van der Waals surface area (Å²) in [4.78, 5) is 28.8. The zero-order chi connectivity index (χ0) is 24.8. The van der Waals surface area contributed by atoms with Crippen molar-refractivity contribution in [2.45, 2.75) is 63.5 Å². The van der Waals surface area contributed by atoms with Crippen LogP contribution in [0.1, 0.15) is 56.4 Å². The average Bonchev–Trinajstić information content (AvgIpc) is 3.10. The Morgan fingerprint density at radius 3 is 2.69 bits per heavy atom. The summed E-state index contributed by atoms with van der Waals surface area (Å²) in [6, 6.07) is 8.33. The first-order valence-electron chi connectivity index (χ1n) is 12.7. The number of benzene rings is 1. The van der Waals surface area contributed by atoms with Gasteiger partial charge in [0.25, 0.3) is 5.56 Å². The molecule has 1 fully saturated rings. The number of hydrogen-bond acceptors (Lipinski definition) is 6. The highest BCUT2D eigenvalue weighted by Gasteiger charge is 2.16. The number of imidazole rings is 1. The van der Waals surface area contributed by atoms with E-state index in [9.17, 15) is 14.7 Å². The van der Waals surface area contributed by atoms with E-state index in [1.165, 1.54) is 55.7 Å². The second-order valence-corrected chi connectivity index (χ2v) is 9.60. The van der Waals surface area contributed by atoms with Gasteiger partial charge in [0.1, 0.15) is 18.5 Å². The van der Waals surface area contributed by atoms with E-state index in [1.54, 1.807) is 17.9 Å². The molecule has 1 aliphatic rings. The number of nitrogens with one attached hydrogen (secondary N) is 1. The molecule has 2 aromatic heterocycles. The molecule has 0 spiro atoms. The maximum atomic E-state index is 12.5. The highest BCUT2D eigenvalue weighted by molar-refractivity contribution is 5.69. The van der Waals surface area contributed by atoms with Crippen LogP contribution >= 0.6 is 0 Å². The van der Waals surface area contributed by atoms with Crippen LogP contribution in [0.25, 0.3) is 11.2 Å². The molecule has 1 unspecified atom stereocenters. The molecule has 1 atom stereocenters. The minimum Gasteiger partial charge on any atom is -0.491 e. The summed E-state index contributed by atoms with van der Waals surface area (Å²) in [5.41, 5.74) is 1.43. The quantitative estimate of drug-likeness (QED) is 0.339. The Kier molecular flexibility index (Phi) is 8.41. The largest absolute Gasteiger partial charge is 0.491 e. The van der Waals surface area contributed by atoms with E-state index < -0.39 is 6.10 Å². The number of aliphatic hydroxyl groups excluding tert-OH is 1. The van der Waals surface area contributed by atoms with Crippen molar-refractivity contribution in [1.29, 1.82) is 0 Å². The Hall–Kier alpha value is -2.91. The maximum absolute atomic E-state index is 12.5. The lowest BCUT2D eigenvalue weighted by Crippen LogP contribution is -2.37. The van der Waals surface area contributed by atoms with Crippen LogP contribution in [0, 0.1) is 0 Å². The summed E-state index contributed by atoms with van der Waals surface area (Å²) in [6.45, 7) is 1.90. The SMILES string of the molecule is Cn1c(=O)c2c(ncn2CCCNCC(O)COc2cccc(C3CCCCCC3)c2)n(C)c1=O. The number of aryl methyl sites for hydroxylation is 2. The molecule has 35 heavy (non-hydrogen) atoms. The van der Waals surface area contributed by atoms with Crippen molar-refractivity contribution in [1.82, 2.24) is 24.0 Å². The standard InChI is InChI=1S/C26H37N5O4/c1-29-24-23(25(33)30(2)26(29)34)31(18-28-24)14-8-13-27-16-21(32)17-35-22-12-7-11-20(15-22)19-9-5-3-4-6-10-19/h7,11-12,15,18-19,21,27,32H,3-6,8-10,13-14,16-17H2,1-2H3. The summed E-state index contributed by atoms with van der Waals surface area (Å²) in [7, 11) is 3.08. The number of nitrogens with zero attached hydrogens (tertiary/aromatic N) is 4. The third kappa shape index (κ3) is 6.02. The van der Waals surface area contributed by atoms with E-state index in [0.717, 1.165) is 16.7 Å². The van der Waals surface area contributed by atoms with Crippen molar-refractivity contribution in [3.63, 3.8) is 0 Å². The van der Waals surface area contributed by atoms with Crippen molar-refractivity contribution in [2.24, 2.45) is 14.1 Å². The normalized spacial score (nSPS) is 15.9. The predicted molar refractivity (Wildman–Crippen MR) is 136 cm³/mol. The first-order chi connectivity index (χ1) is 17.0. The Balaban J connectivity index is 1.21. The molecule has 4 rings (SSSR count). The third-order valence-electron chi connectivity index (χ3n) is 6.98. The molecule has 1 saturated carbocycles. The number of aliphatic hydroxyl groups is 1. The lowest BCUT2D eigenvalue weighted by molar-refractivity contribution is 0.106. The number of ether oxygens (including phenoxy) is 1. The molecule has 0 radical (unpaired) electrons. The summed E-state index contributed by atoms with van der Waals surface area (Å²) in [5.74, 6) is 1.43. The third-order valence-corrected chi connectivity index (χ3v) is 6.98. The highest BCUT2D eigenvalue weighted by atomic mass is 16.5. The van der Waals surface area contributed by atoms with Gasteiger partial charge >= 0.3 is 5.69 Å². The van der Waals surface area contributed by atoms with Gasteiger partial charge in [-0.2, -0.15) is 0 Å². The number of hydrogen-bond donors (Lipinski definition) is 2. The second kappa shape index (κ2) is 11.7. The molecular weight excluding hydrogens is 446 g/mol. The van der Waals surface area contributed by atoms with Crippen LogP contribution in [-0.4, -0.2) is 49.6 Å². The van der Waals surface area contributed by atoms with E-state index >= 15 is 0 Å². The minimum absolute atomic E-state index is 0.233. The van der Waals surface area contributed by atoms with Crippen molar-refractivity contribution >= 4 is 11.2 Å². The first-order valence-corrected chi connectivity index (χ1v) is 12.7. The molecule has 2 heterocycles. The van der Waals surface area contributed by atoms with Crippen LogP contribution in [0.2, 0.25) is 0 Å². The Morgan fingerprint density at radius 2 is 1.91 bits per heavy atom. The molecule has 1 aliphatic carbocycles.